The summed E-state index contributed by atoms with van der Waals surface area (Å²) in [5.74, 6) is -4.47. The Bertz CT molecular complexity index is 947. The molecule has 3 rings (SSSR count). The van der Waals surface area contributed by atoms with Gasteiger partial charge in [-0.05, 0) is 6.92 Å². The van der Waals surface area contributed by atoms with Crippen LogP contribution in [-0.4, -0.2) is 20.3 Å². The third kappa shape index (κ3) is 3.52. The van der Waals surface area contributed by atoms with Crippen molar-refractivity contribution in [2.45, 2.75) is 19.4 Å². The lowest BCUT2D eigenvalue weighted by Gasteiger charge is -2.17. The van der Waals surface area contributed by atoms with Crippen LogP contribution in [0.25, 0.3) is 0 Å². The summed E-state index contributed by atoms with van der Waals surface area (Å²) in [6, 6.07) is 7.04. The van der Waals surface area contributed by atoms with Gasteiger partial charge in [0.25, 0.3) is 5.56 Å². The molecule has 0 bridgehead atoms. The summed E-state index contributed by atoms with van der Waals surface area (Å²) in [5, 5.41) is 9.96. The zero-order valence-corrected chi connectivity index (χ0v) is 13.8. The van der Waals surface area contributed by atoms with Gasteiger partial charge in [0.1, 0.15) is 17.1 Å². The van der Waals surface area contributed by atoms with Crippen molar-refractivity contribution < 1.29 is 14.8 Å². The number of anilines is 2. The molecule has 3 aromatic rings. The lowest BCUT2D eigenvalue weighted by atomic mass is 10.1. The molecule has 0 radical (unpaired) electrons. The Morgan fingerprint density at radius 2 is 2.00 bits per heavy atom. The van der Waals surface area contributed by atoms with Gasteiger partial charge in [0.05, 0.1) is 6.54 Å². The minimum absolute atomic E-state index is 0. The lowest BCUT2D eigenvalue weighted by Crippen LogP contribution is -2.26. The smallest absolute Gasteiger partial charge is 0.330 e. The Balaban J connectivity index is 0.00000182. The average Bonchev–Trinajstić information content (AvgIpc) is 3.01. The van der Waals surface area contributed by atoms with Gasteiger partial charge in [-0.25, -0.2) is 9.61 Å². The number of nitrogens with one attached hydrogen (secondary N) is 2. The van der Waals surface area contributed by atoms with E-state index in [1.54, 1.807) is 13.0 Å². The molecule has 26 heavy (non-hydrogen) atoms. The van der Waals surface area contributed by atoms with Crippen molar-refractivity contribution in [3.63, 3.8) is 0 Å². The molecule has 1 aromatic carbocycles. The second-order valence-corrected chi connectivity index (χ2v) is 5.27. The van der Waals surface area contributed by atoms with E-state index in [0.717, 1.165) is 0 Å². The van der Waals surface area contributed by atoms with Gasteiger partial charge in [-0.1, -0.05) is 40.6 Å². The number of hydrogen-bond donors (Lipinski definition) is 4. The van der Waals surface area contributed by atoms with Crippen molar-refractivity contribution in [1.82, 2.24) is 26.4 Å². The van der Waals surface area contributed by atoms with Crippen LogP contribution in [0.5, 0.6) is 0 Å². The fourth-order valence-corrected chi connectivity index (χ4v) is 2.13. The van der Waals surface area contributed by atoms with E-state index in [9.17, 15) is 13.6 Å². The number of aromatic nitrogens is 4. The number of halogens is 2. The first-order valence-corrected chi connectivity index (χ1v) is 7.25. The minimum Gasteiger partial charge on any atom is -0.391 e. The van der Waals surface area contributed by atoms with Crippen LogP contribution in [0, 0.1) is 6.92 Å². The quantitative estimate of drug-likeness (QED) is 0.534. The first kappa shape index (κ1) is 19.0. The number of aromatic amines is 1. The molecule has 0 aliphatic carbocycles. The third-order valence-corrected chi connectivity index (χ3v) is 3.56. The molecule has 2 heterocycles. The summed E-state index contributed by atoms with van der Waals surface area (Å²) in [5.41, 5.74) is 5.13. The Morgan fingerprint density at radius 1 is 1.31 bits per heavy atom. The van der Waals surface area contributed by atoms with Crippen LogP contribution in [0.2, 0.25) is 0 Å². The van der Waals surface area contributed by atoms with Gasteiger partial charge in [-0.2, -0.15) is 8.78 Å². The zero-order chi connectivity index (χ0) is 18.0. The number of rotatable bonds is 5. The molecular formula is C15H19F2N7O2. The molecule has 140 valence electrons. The molecule has 0 spiro atoms. The van der Waals surface area contributed by atoms with Crippen LogP contribution in [0.15, 0.2) is 39.8 Å². The van der Waals surface area contributed by atoms with Crippen LogP contribution in [0.3, 0.4) is 0 Å². The fourth-order valence-electron chi connectivity index (χ4n) is 2.13. The van der Waals surface area contributed by atoms with Gasteiger partial charge >= 0.3 is 5.92 Å². The number of benzene rings is 1. The number of H-pyrrole nitrogens is 1. The minimum atomic E-state index is -3.49. The average molecular weight is 367 g/mol. The van der Waals surface area contributed by atoms with Crippen molar-refractivity contribution >= 4 is 11.5 Å². The van der Waals surface area contributed by atoms with Crippen molar-refractivity contribution in [3.05, 3.63) is 63.5 Å². The van der Waals surface area contributed by atoms with Crippen molar-refractivity contribution in [2.24, 2.45) is 0 Å². The maximum Gasteiger partial charge on any atom is 0.330 e. The maximum absolute atomic E-state index is 14.6. The van der Waals surface area contributed by atoms with Crippen LogP contribution in [-0.2, 0) is 12.5 Å². The fraction of sp³-hybridized carbons (Fsp3) is 0.200. The molecule has 0 fully saturated rings. The summed E-state index contributed by atoms with van der Waals surface area (Å²) >= 11 is 0. The molecule has 0 unspecified atom stereocenters. The summed E-state index contributed by atoms with van der Waals surface area (Å²) < 4.78 is 33.8. The number of alkyl halides is 2. The van der Waals surface area contributed by atoms with E-state index < -0.39 is 17.3 Å². The molecule has 2 aromatic heterocycles. The molecule has 9 nitrogen and oxygen atoms in total. The van der Waals surface area contributed by atoms with E-state index in [-0.39, 0.29) is 31.2 Å². The van der Waals surface area contributed by atoms with E-state index in [4.69, 9.17) is 5.73 Å². The number of nitrogens with zero attached hydrogens (tertiary/aromatic N) is 3. The Labute approximate surface area is 147 Å². The van der Waals surface area contributed by atoms with Crippen molar-refractivity contribution in [3.8, 4) is 0 Å². The third-order valence-electron chi connectivity index (χ3n) is 3.56. The van der Waals surface area contributed by atoms with Gasteiger partial charge in [0.2, 0.25) is 0 Å². The van der Waals surface area contributed by atoms with E-state index in [2.05, 4.69) is 25.2 Å². The molecule has 0 aliphatic heterocycles. The predicted molar refractivity (Wildman–Crippen MR) is 92.2 cm³/mol. The summed E-state index contributed by atoms with van der Waals surface area (Å²) in [4.78, 5) is 17.7. The molecule has 0 atom stereocenters. The number of hydrogen-bond acceptors (Lipinski definition) is 8. The Morgan fingerprint density at radius 3 is 2.62 bits per heavy atom. The lowest BCUT2D eigenvalue weighted by molar-refractivity contribution is 0.0327. The molecule has 0 amide bonds. The van der Waals surface area contributed by atoms with Crippen LogP contribution >= 0.6 is 0 Å². The van der Waals surface area contributed by atoms with Crippen LogP contribution < -0.4 is 22.8 Å². The molecule has 0 saturated carbocycles. The van der Waals surface area contributed by atoms with Crippen molar-refractivity contribution in [1.29, 1.82) is 0 Å². The van der Waals surface area contributed by atoms with Crippen molar-refractivity contribution in [2.75, 3.05) is 11.1 Å². The molecule has 0 saturated heterocycles. The number of nitrogens with two attached hydrogens (primary N) is 1. The number of nitrogen functional groups attached to an aromatic ring is 1. The largest absolute Gasteiger partial charge is 0.391 e. The first-order valence-electron chi connectivity index (χ1n) is 7.25. The van der Waals surface area contributed by atoms with Crippen LogP contribution in [0.4, 0.5) is 20.3 Å². The van der Waals surface area contributed by atoms with Gasteiger partial charge in [0.15, 0.2) is 11.6 Å². The summed E-state index contributed by atoms with van der Waals surface area (Å²) in [6.45, 7) is 1.73. The van der Waals surface area contributed by atoms with Gasteiger partial charge in [0, 0.05) is 6.99 Å². The van der Waals surface area contributed by atoms with E-state index in [1.807, 2.05) is 4.98 Å². The highest BCUT2D eigenvalue weighted by Crippen LogP contribution is 2.33. The highest BCUT2D eigenvalue weighted by Gasteiger charge is 2.37. The SMILES string of the molecule is Cc1nonc1CNc1nc(C(F)(F)c2ccccc2)[nH]c(=O)c1N.N.[HH]. The maximum atomic E-state index is 14.6. The molecular weight excluding hydrogens is 348 g/mol. The predicted octanol–water partition coefficient (Wildman–Crippen LogP) is 2.20. The monoisotopic (exact) mass is 367 g/mol. The standard InChI is InChI=1S/C15H14F2N6O2.H3N.H2/c1-8-10(23-25-22-8)7-19-12-11(18)13(24)21-14(20-12)15(16,17)9-5-3-2-4-6-9;;/h2-6H,7,18H2,1H3,(H2,19,20,21,24);1H3;1H. The van der Waals surface area contributed by atoms with Crippen LogP contribution in [0.1, 0.15) is 24.2 Å². The Kier molecular flexibility index (Phi) is 5.31. The number of aryl methyl sites for hydroxylation is 1. The van der Waals surface area contributed by atoms with Gasteiger partial charge in [-0.15, -0.1) is 0 Å². The summed E-state index contributed by atoms with van der Waals surface area (Å²) in [6.07, 6.45) is 0. The highest BCUT2D eigenvalue weighted by molar-refractivity contribution is 5.60. The Hall–Kier alpha value is -3.34. The molecule has 11 heteroatoms. The second-order valence-electron chi connectivity index (χ2n) is 5.27. The van der Waals surface area contributed by atoms with E-state index in [0.29, 0.717) is 11.4 Å². The highest BCUT2D eigenvalue weighted by atomic mass is 19.3. The molecule has 7 N–H and O–H groups in total. The van der Waals surface area contributed by atoms with Gasteiger partial charge in [-0.3, -0.25) is 4.79 Å². The van der Waals surface area contributed by atoms with E-state index in [1.165, 1.54) is 24.3 Å². The van der Waals surface area contributed by atoms with E-state index >= 15 is 0 Å². The zero-order valence-electron chi connectivity index (χ0n) is 13.8. The molecule has 0 aliphatic rings. The first-order chi connectivity index (χ1) is 11.9. The summed E-state index contributed by atoms with van der Waals surface area (Å²) in [7, 11) is 0. The topological polar surface area (TPSA) is 158 Å². The second kappa shape index (κ2) is 7.27. The normalized spacial score (nSPS) is 11.0. The van der Waals surface area contributed by atoms with Gasteiger partial charge < -0.3 is 22.2 Å².